The molecule has 3 nitrogen and oxygen atoms in total. The molecule has 0 atom stereocenters. The van der Waals surface area contributed by atoms with Gasteiger partial charge in [-0.05, 0) is 6.92 Å². The molecule has 0 amide bonds. The highest BCUT2D eigenvalue weighted by molar-refractivity contribution is 5.36. The van der Waals surface area contributed by atoms with Crippen molar-refractivity contribution in [3.8, 4) is 0 Å². The molecule has 0 aliphatic heterocycles. The van der Waals surface area contributed by atoms with E-state index in [1.165, 1.54) is 0 Å². The number of hydrogen-bond acceptors (Lipinski definition) is 3. The van der Waals surface area contributed by atoms with E-state index < -0.39 is 0 Å². The van der Waals surface area contributed by atoms with Crippen molar-refractivity contribution >= 4 is 6.47 Å². The standard InChI is InChI=1S/C4H8O3/c1-2-6-4-7-3-5/h3H,2,4H2,1H3. The first-order valence-electron chi connectivity index (χ1n) is 2.04. The topological polar surface area (TPSA) is 35.5 Å². The van der Waals surface area contributed by atoms with Gasteiger partial charge in [0.15, 0.2) is 6.79 Å². The number of carbonyl (C=O) groups is 1. The smallest absolute Gasteiger partial charge is 0.295 e. The molecule has 0 radical (unpaired) electrons. The average Bonchev–Trinajstić information content (AvgIpc) is 1.69. The second kappa shape index (κ2) is 5.43. The Hall–Kier alpha value is -0.570. The normalized spacial score (nSPS) is 8.14. The average molecular weight is 104 g/mol. The van der Waals surface area contributed by atoms with Gasteiger partial charge in [0, 0.05) is 6.61 Å². The summed E-state index contributed by atoms with van der Waals surface area (Å²) in [6, 6.07) is 0. The Balaban J connectivity index is 2.56. The summed E-state index contributed by atoms with van der Waals surface area (Å²) < 4.78 is 8.79. The van der Waals surface area contributed by atoms with E-state index in [0.717, 1.165) is 0 Å². The van der Waals surface area contributed by atoms with E-state index >= 15 is 0 Å². The van der Waals surface area contributed by atoms with Crippen LogP contribution in [0.5, 0.6) is 0 Å². The molecule has 0 rings (SSSR count). The fraction of sp³-hybridized carbons (Fsp3) is 0.750. The van der Waals surface area contributed by atoms with Crippen molar-refractivity contribution in [3.05, 3.63) is 0 Å². The van der Waals surface area contributed by atoms with Crippen LogP contribution in [-0.4, -0.2) is 19.9 Å². The third kappa shape index (κ3) is 5.43. The monoisotopic (exact) mass is 104 g/mol. The van der Waals surface area contributed by atoms with Gasteiger partial charge in [-0.2, -0.15) is 0 Å². The maximum Gasteiger partial charge on any atom is 0.295 e. The molecule has 42 valence electrons. The van der Waals surface area contributed by atoms with Crippen molar-refractivity contribution in [2.45, 2.75) is 6.92 Å². The first-order chi connectivity index (χ1) is 3.41. The zero-order valence-corrected chi connectivity index (χ0v) is 4.22. The van der Waals surface area contributed by atoms with Gasteiger partial charge in [-0.1, -0.05) is 0 Å². The Morgan fingerprint density at radius 1 is 1.71 bits per heavy atom. The summed E-state index contributed by atoms with van der Waals surface area (Å²) in [5, 5.41) is 0. The molecule has 0 aromatic carbocycles. The van der Waals surface area contributed by atoms with E-state index in [9.17, 15) is 4.79 Å². The lowest BCUT2D eigenvalue weighted by Crippen LogP contribution is -1.96. The summed E-state index contributed by atoms with van der Waals surface area (Å²) >= 11 is 0. The minimum absolute atomic E-state index is 0.0694. The van der Waals surface area contributed by atoms with Crippen LogP contribution in [-0.2, 0) is 14.3 Å². The first-order valence-corrected chi connectivity index (χ1v) is 2.04. The molecule has 0 heterocycles. The fourth-order valence-electron chi connectivity index (χ4n) is 0.159. The van der Waals surface area contributed by atoms with Gasteiger partial charge in [-0.25, -0.2) is 0 Å². The SMILES string of the molecule is CCOCOC=O. The molecule has 0 aliphatic rings. The molecule has 0 aromatic heterocycles. The summed E-state index contributed by atoms with van der Waals surface area (Å²) in [5.74, 6) is 0. The molecule has 0 saturated heterocycles. The van der Waals surface area contributed by atoms with Crippen LogP contribution in [0.25, 0.3) is 0 Å². The van der Waals surface area contributed by atoms with E-state index in [1.54, 1.807) is 0 Å². The van der Waals surface area contributed by atoms with Gasteiger partial charge < -0.3 is 9.47 Å². The first kappa shape index (κ1) is 6.43. The number of rotatable bonds is 4. The summed E-state index contributed by atoms with van der Waals surface area (Å²) in [4.78, 5) is 9.38. The van der Waals surface area contributed by atoms with Crippen LogP contribution in [0, 0.1) is 0 Å². The zero-order valence-electron chi connectivity index (χ0n) is 4.22. The lowest BCUT2D eigenvalue weighted by Gasteiger charge is -1.94. The van der Waals surface area contributed by atoms with Crippen molar-refractivity contribution in [2.24, 2.45) is 0 Å². The number of hydrogen-bond donors (Lipinski definition) is 0. The summed E-state index contributed by atoms with van der Waals surface area (Å²) in [5.41, 5.74) is 0. The molecule has 0 spiro atoms. The lowest BCUT2D eigenvalue weighted by atomic mass is 10.9. The molecule has 3 heteroatoms. The van der Waals surface area contributed by atoms with E-state index in [-0.39, 0.29) is 6.79 Å². The van der Waals surface area contributed by atoms with Crippen molar-refractivity contribution in [2.75, 3.05) is 13.4 Å². The molecule has 0 aromatic rings. The highest BCUT2D eigenvalue weighted by Crippen LogP contribution is 1.70. The van der Waals surface area contributed by atoms with E-state index in [2.05, 4.69) is 9.47 Å². The van der Waals surface area contributed by atoms with Gasteiger partial charge in [0.25, 0.3) is 6.47 Å². The third-order valence-corrected chi connectivity index (χ3v) is 0.424. The summed E-state index contributed by atoms with van der Waals surface area (Å²) in [6.45, 7) is 2.83. The third-order valence-electron chi connectivity index (χ3n) is 0.424. The van der Waals surface area contributed by atoms with E-state index in [0.29, 0.717) is 13.1 Å². The number of carbonyl (C=O) groups excluding carboxylic acids is 1. The highest BCUT2D eigenvalue weighted by atomic mass is 16.7. The number of ether oxygens (including phenoxy) is 2. The summed E-state index contributed by atoms with van der Waals surface area (Å²) in [7, 11) is 0. The predicted octanol–water partition coefficient (Wildman–Crippen LogP) is 0.153. The Kier molecular flexibility index (Phi) is 4.99. The van der Waals surface area contributed by atoms with Crippen LogP contribution in [0.4, 0.5) is 0 Å². The molecular weight excluding hydrogens is 96.0 g/mol. The Morgan fingerprint density at radius 2 is 2.43 bits per heavy atom. The molecule has 0 saturated carbocycles. The van der Waals surface area contributed by atoms with Crippen LogP contribution >= 0.6 is 0 Å². The minimum Gasteiger partial charge on any atom is -0.441 e. The minimum atomic E-state index is 0.0694. The van der Waals surface area contributed by atoms with Crippen molar-refractivity contribution in [3.63, 3.8) is 0 Å². The largest absolute Gasteiger partial charge is 0.441 e. The molecule has 0 aliphatic carbocycles. The second-order valence-corrected chi connectivity index (χ2v) is 0.874. The van der Waals surface area contributed by atoms with Crippen LogP contribution in [0.1, 0.15) is 6.92 Å². The quantitative estimate of drug-likeness (QED) is 0.289. The van der Waals surface area contributed by atoms with Crippen molar-refractivity contribution < 1.29 is 14.3 Å². The highest BCUT2D eigenvalue weighted by Gasteiger charge is 1.75. The Morgan fingerprint density at radius 3 is 2.86 bits per heavy atom. The van der Waals surface area contributed by atoms with Gasteiger partial charge in [0.2, 0.25) is 0 Å². The van der Waals surface area contributed by atoms with Crippen LogP contribution in [0.2, 0.25) is 0 Å². The van der Waals surface area contributed by atoms with Crippen molar-refractivity contribution in [1.29, 1.82) is 0 Å². The van der Waals surface area contributed by atoms with E-state index in [4.69, 9.17) is 0 Å². The maximum absolute atomic E-state index is 9.38. The fourth-order valence-corrected chi connectivity index (χ4v) is 0.159. The van der Waals surface area contributed by atoms with Gasteiger partial charge in [0.05, 0.1) is 0 Å². The molecule has 0 fully saturated rings. The van der Waals surface area contributed by atoms with Gasteiger partial charge in [-0.3, -0.25) is 4.79 Å². The zero-order chi connectivity index (χ0) is 5.54. The van der Waals surface area contributed by atoms with Crippen molar-refractivity contribution in [1.82, 2.24) is 0 Å². The Labute approximate surface area is 42.2 Å². The molecule has 0 N–H and O–H groups in total. The van der Waals surface area contributed by atoms with Crippen LogP contribution < -0.4 is 0 Å². The van der Waals surface area contributed by atoms with Gasteiger partial charge >= 0.3 is 0 Å². The maximum atomic E-state index is 9.38. The van der Waals surface area contributed by atoms with E-state index in [1.807, 2.05) is 6.92 Å². The molecule has 0 unspecified atom stereocenters. The molecule has 0 bridgehead atoms. The van der Waals surface area contributed by atoms with Gasteiger partial charge in [-0.15, -0.1) is 0 Å². The molecule has 7 heavy (non-hydrogen) atoms. The van der Waals surface area contributed by atoms with Crippen LogP contribution in [0.3, 0.4) is 0 Å². The summed E-state index contributed by atoms with van der Waals surface area (Å²) in [6.07, 6.45) is 0. The Bertz CT molecular complexity index is 44.2. The molecular formula is C4H8O3. The van der Waals surface area contributed by atoms with Crippen LogP contribution in [0.15, 0.2) is 0 Å². The predicted molar refractivity (Wildman–Crippen MR) is 23.6 cm³/mol. The second-order valence-electron chi connectivity index (χ2n) is 0.874. The van der Waals surface area contributed by atoms with Gasteiger partial charge in [0.1, 0.15) is 0 Å². The lowest BCUT2D eigenvalue weighted by molar-refractivity contribution is -0.140.